The number of amides is 1. The number of furan rings is 1. The third kappa shape index (κ3) is 3.10. The van der Waals surface area contributed by atoms with Crippen molar-refractivity contribution in [2.24, 2.45) is 0 Å². The molecule has 0 aromatic carbocycles. The second kappa shape index (κ2) is 6.36. The van der Waals surface area contributed by atoms with Crippen LogP contribution in [0.1, 0.15) is 50.0 Å². The highest BCUT2D eigenvalue weighted by Crippen LogP contribution is 2.42. The molecule has 1 saturated carbocycles. The van der Waals surface area contributed by atoms with Gasteiger partial charge in [-0.05, 0) is 25.0 Å². The van der Waals surface area contributed by atoms with Crippen molar-refractivity contribution in [3.63, 3.8) is 0 Å². The molecule has 0 atom stereocenters. The highest BCUT2D eigenvalue weighted by atomic mass is 16.3. The molecule has 8 nitrogen and oxygen atoms in total. The predicted molar refractivity (Wildman–Crippen MR) is 95.0 cm³/mol. The van der Waals surface area contributed by atoms with E-state index in [2.05, 4.69) is 20.4 Å². The Bertz CT molecular complexity index is 1020. The largest absolute Gasteiger partial charge is 0.459 e. The van der Waals surface area contributed by atoms with Crippen LogP contribution < -0.4 is 10.9 Å². The molecule has 0 bridgehead atoms. The zero-order valence-corrected chi connectivity index (χ0v) is 14.6. The van der Waals surface area contributed by atoms with Gasteiger partial charge in [-0.1, -0.05) is 13.8 Å². The van der Waals surface area contributed by atoms with Gasteiger partial charge < -0.3 is 4.42 Å². The van der Waals surface area contributed by atoms with Crippen LogP contribution in [0, 0.1) is 0 Å². The predicted octanol–water partition coefficient (Wildman–Crippen LogP) is 2.42. The topological polar surface area (TPSA) is 103 Å². The van der Waals surface area contributed by atoms with Gasteiger partial charge in [0.1, 0.15) is 18.0 Å². The van der Waals surface area contributed by atoms with E-state index >= 15 is 0 Å². The van der Waals surface area contributed by atoms with Crippen LogP contribution in [0.4, 0.5) is 5.95 Å². The van der Waals surface area contributed by atoms with Crippen molar-refractivity contribution >= 4 is 22.8 Å². The molecule has 0 unspecified atom stereocenters. The molecule has 3 aromatic rings. The van der Waals surface area contributed by atoms with E-state index in [-0.39, 0.29) is 24.0 Å². The van der Waals surface area contributed by atoms with E-state index in [1.807, 2.05) is 13.8 Å². The Balaban J connectivity index is 1.69. The number of anilines is 1. The van der Waals surface area contributed by atoms with Gasteiger partial charge in [0.15, 0.2) is 5.58 Å². The fraction of sp³-hybridized carbons (Fsp3) is 0.389. The van der Waals surface area contributed by atoms with Crippen molar-refractivity contribution in [1.29, 1.82) is 0 Å². The van der Waals surface area contributed by atoms with E-state index < -0.39 is 5.91 Å². The normalized spacial score (nSPS) is 14.1. The van der Waals surface area contributed by atoms with E-state index in [1.54, 1.807) is 12.1 Å². The summed E-state index contributed by atoms with van der Waals surface area (Å²) >= 11 is 0. The van der Waals surface area contributed by atoms with Crippen LogP contribution in [-0.2, 0) is 11.3 Å². The summed E-state index contributed by atoms with van der Waals surface area (Å²) in [6.45, 7) is 3.75. The van der Waals surface area contributed by atoms with Crippen molar-refractivity contribution in [2.75, 3.05) is 5.32 Å². The van der Waals surface area contributed by atoms with Crippen LogP contribution >= 0.6 is 0 Å². The van der Waals surface area contributed by atoms with E-state index in [9.17, 15) is 9.59 Å². The number of nitrogens with zero attached hydrogens (tertiary/aromatic N) is 4. The molecule has 26 heavy (non-hydrogen) atoms. The van der Waals surface area contributed by atoms with E-state index in [0.717, 1.165) is 18.6 Å². The summed E-state index contributed by atoms with van der Waals surface area (Å²) in [4.78, 5) is 32.9. The van der Waals surface area contributed by atoms with Crippen molar-refractivity contribution < 1.29 is 9.21 Å². The number of hydrogen-bond acceptors (Lipinski definition) is 6. The van der Waals surface area contributed by atoms with Crippen LogP contribution in [-0.4, -0.2) is 25.7 Å². The SMILES string of the molecule is CC(C)c1nn(CC(=O)Nc2ncccn2)c(=O)c2cc(C3CC3)oc12. The summed E-state index contributed by atoms with van der Waals surface area (Å²) in [7, 11) is 0. The van der Waals surface area contributed by atoms with Gasteiger partial charge in [-0.2, -0.15) is 5.10 Å². The maximum absolute atomic E-state index is 12.8. The lowest BCUT2D eigenvalue weighted by atomic mass is 10.1. The molecule has 1 aliphatic carbocycles. The molecule has 8 heteroatoms. The highest BCUT2D eigenvalue weighted by molar-refractivity contribution is 5.89. The molecule has 1 amide bonds. The summed E-state index contributed by atoms with van der Waals surface area (Å²) in [5.41, 5.74) is 0.884. The van der Waals surface area contributed by atoms with Gasteiger partial charge in [-0.15, -0.1) is 0 Å². The van der Waals surface area contributed by atoms with E-state index in [4.69, 9.17) is 4.42 Å². The Labute approximate surface area is 149 Å². The Kier molecular flexibility index (Phi) is 4.02. The third-order valence-electron chi connectivity index (χ3n) is 4.31. The first-order chi connectivity index (χ1) is 12.5. The summed E-state index contributed by atoms with van der Waals surface area (Å²) in [5.74, 6) is 1.07. The Morgan fingerprint density at radius 3 is 2.73 bits per heavy atom. The molecule has 4 rings (SSSR count). The number of hydrogen-bond donors (Lipinski definition) is 1. The van der Waals surface area contributed by atoms with Crippen LogP contribution in [0.25, 0.3) is 11.0 Å². The van der Waals surface area contributed by atoms with Gasteiger partial charge in [-0.25, -0.2) is 14.6 Å². The first kappa shape index (κ1) is 16.4. The Morgan fingerprint density at radius 1 is 1.35 bits per heavy atom. The van der Waals surface area contributed by atoms with Gasteiger partial charge in [0.2, 0.25) is 11.9 Å². The van der Waals surface area contributed by atoms with Gasteiger partial charge in [-0.3, -0.25) is 14.9 Å². The van der Waals surface area contributed by atoms with Crippen LogP contribution in [0.5, 0.6) is 0 Å². The van der Waals surface area contributed by atoms with Gasteiger partial charge >= 0.3 is 0 Å². The second-order valence-electron chi connectivity index (χ2n) is 6.79. The lowest BCUT2D eigenvalue weighted by Crippen LogP contribution is -2.31. The quantitative estimate of drug-likeness (QED) is 0.755. The monoisotopic (exact) mass is 353 g/mol. The standard InChI is InChI=1S/C18H19N5O3/c1-10(2)15-16-12(8-13(26-16)11-4-5-11)17(25)23(22-15)9-14(24)21-18-19-6-3-7-20-18/h3,6-8,10-11H,4-5,9H2,1-2H3,(H,19,20,21,24). The second-order valence-corrected chi connectivity index (χ2v) is 6.79. The van der Waals surface area contributed by atoms with Crippen LogP contribution in [0.15, 0.2) is 33.7 Å². The molecule has 3 heterocycles. The van der Waals surface area contributed by atoms with Crippen molar-refractivity contribution in [1.82, 2.24) is 19.7 Å². The maximum atomic E-state index is 12.8. The molecule has 0 saturated heterocycles. The number of nitrogens with one attached hydrogen (secondary N) is 1. The van der Waals surface area contributed by atoms with Gasteiger partial charge in [0, 0.05) is 24.2 Å². The molecule has 134 valence electrons. The minimum absolute atomic E-state index is 0.0584. The molecule has 1 N–H and O–H groups in total. The van der Waals surface area contributed by atoms with Gasteiger partial charge in [0.25, 0.3) is 5.56 Å². The molecular weight excluding hydrogens is 334 g/mol. The molecule has 0 aliphatic heterocycles. The van der Waals surface area contributed by atoms with E-state index in [1.165, 1.54) is 17.1 Å². The zero-order valence-electron chi connectivity index (χ0n) is 14.6. The molecule has 0 radical (unpaired) electrons. The number of carbonyl (C=O) groups is 1. The first-order valence-corrected chi connectivity index (χ1v) is 8.64. The highest BCUT2D eigenvalue weighted by Gasteiger charge is 2.29. The van der Waals surface area contributed by atoms with Crippen LogP contribution in [0.2, 0.25) is 0 Å². The van der Waals surface area contributed by atoms with E-state index in [0.29, 0.717) is 22.6 Å². The smallest absolute Gasteiger partial charge is 0.278 e. The number of fused-ring (bicyclic) bond motifs is 1. The number of rotatable bonds is 5. The lowest BCUT2D eigenvalue weighted by Gasteiger charge is -2.10. The minimum atomic E-state index is -0.411. The fourth-order valence-corrected chi connectivity index (χ4v) is 2.84. The maximum Gasteiger partial charge on any atom is 0.278 e. The average molecular weight is 353 g/mol. The van der Waals surface area contributed by atoms with Crippen molar-refractivity contribution in [2.45, 2.75) is 45.1 Å². The summed E-state index contributed by atoms with van der Waals surface area (Å²) < 4.78 is 7.11. The molecule has 0 spiro atoms. The number of carbonyl (C=O) groups excluding carboxylic acids is 1. The van der Waals surface area contributed by atoms with Crippen molar-refractivity contribution in [3.05, 3.63) is 46.3 Å². The van der Waals surface area contributed by atoms with Gasteiger partial charge in [0.05, 0.1) is 5.39 Å². The molecule has 1 aliphatic rings. The first-order valence-electron chi connectivity index (χ1n) is 8.64. The van der Waals surface area contributed by atoms with Crippen LogP contribution in [0.3, 0.4) is 0 Å². The average Bonchev–Trinajstić information content (AvgIpc) is 3.37. The Morgan fingerprint density at radius 2 is 2.08 bits per heavy atom. The Hall–Kier alpha value is -3.03. The summed E-state index contributed by atoms with van der Waals surface area (Å²) in [6, 6.07) is 3.46. The summed E-state index contributed by atoms with van der Waals surface area (Å²) in [5, 5.41) is 7.43. The third-order valence-corrected chi connectivity index (χ3v) is 4.31. The molecular formula is C18H19N5O3. The minimum Gasteiger partial charge on any atom is -0.459 e. The lowest BCUT2D eigenvalue weighted by molar-refractivity contribution is -0.117. The molecule has 1 fully saturated rings. The molecule has 3 aromatic heterocycles. The fourth-order valence-electron chi connectivity index (χ4n) is 2.84. The zero-order chi connectivity index (χ0) is 18.3. The van der Waals surface area contributed by atoms with Crippen molar-refractivity contribution in [3.8, 4) is 0 Å². The number of aromatic nitrogens is 4. The summed E-state index contributed by atoms with van der Waals surface area (Å²) in [6.07, 6.45) is 5.22.